The zero-order chi connectivity index (χ0) is 21.5. The molecule has 178 valence electrons. The number of hydrogen-bond acceptors (Lipinski definition) is 4. The first-order chi connectivity index (χ1) is 15.2. The number of nitrogens with zero attached hydrogens (tertiary/aromatic N) is 2. The summed E-state index contributed by atoms with van der Waals surface area (Å²) < 4.78 is 11.8. The Balaban J connectivity index is 0.00000289. The number of hydrogen-bond donors (Lipinski definition) is 2. The first-order valence-electron chi connectivity index (χ1n) is 11.9. The zero-order valence-corrected chi connectivity index (χ0v) is 21.4. The van der Waals surface area contributed by atoms with Crippen LogP contribution in [-0.2, 0) is 20.8 Å². The lowest BCUT2D eigenvalue weighted by molar-refractivity contribution is -0.119. The third-order valence-corrected chi connectivity index (χ3v) is 6.44. The maximum absolute atomic E-state index is 12.4. The van der Waals surface area contributed by atoms with E-state index < -0.39 is 0 Å². The number of guanidine groups is 1. The largest absolute Gasteiger partial charge is 0.375 e. The van der Waals surface area contributed by atoms with Gasteiger partial charge in [0.1, 0.15) is 6.10 Å². The van der Waals surface area contributed by atoms with Crippen molar-refractivity contribution < 1.29 is 14.3 Å². The van der Waals surface area contributed by atoms with E-state index >= 15 is 0 Å². The van der Waals surface area contributed by atoms with Gasteiger partial charge in [-0.3, -0.25) is 4.79 Å². The molecule has 2 unspecified atom stereocenters. The third-order valence-electron chi connectivity index (χ3n) is 6.44. The van der Waals surface area contributed by atoms with Crippen LogP contribution >= 0.6 is 24.0 Å². The monoisotopic (exact) mass is 556 g/mol. The van der Waals surface area contributed by atoms with E-state index in [4.69, 9.17) is 14.5 Å². The van der Waals surface area contributed by atoms with Gasteiger partial charge in [0.2, 0.25) is 5.91 Å². The topological polar surface area (TPSA) is 75.2 Å². The molecule has 2 heterocycles. The van der Waals surface area contributed by atoms with Gasteiger partial charge >= 0.3 is 0 Å². The van der Waals surface area contributed by atoms with Gasteiger partial charge in [-0.15, -0.1) is 24.0 Å². The standard InChI is InChI=1S/C24H36N4O3.HI/c1-2-25-24(28-12-14-31-22(17-28)21-11-6-13-30-21)26-16-18-7-5-10-20(15-18)27-23(29)19-8-3-4-9-19;/h5,7,10,15,19,21-22H,2-4,6,8-9,11-14,16-17H2,1H3,(H,25,26)(H,27,29);1H. The Morgan fingerprint density at radius 3 is 2.69 bits per heavy atom. The normalized spacial score (nSPS) is 24.3. The van der Waals surface area contributed by atoms with Gasteiger partial charge in [0, 0.05) is 37.8 Å². The van der Waals surface area contributed by atoms with Crippen LogP contribution in [0.4, 0.5) is 5.69 Å². The molecule has 0 spiro atoms. The number of anilines is 1. The molecule has 0 bridgehead atoms. The first kappa shape index (κ1) is 25.2. The van der Waals surface area contributed by atoms with Gasteiger partial charge in [-0.25, -0.2) is 4.99 Å². The van der Waals surface area contributed by atoms with Crippen LogP contribution in [0.3, 0.4) is 0 Å². The summed E-state index contributed by atoms with van der Waals surface area (Å²) in [6, 6.07) is 8.05. The predicted octanol–water partition coefficient (Wildman–Crippen LogP) is 3.78. The molecule has 32 heavy (non-hydrogen) atoms. The summed E-state index contributed by atoms with van der Waals surface area (Å²) >= 11 is 0. The van der Waals surface area contributed by atoms with Gasteiger partial charge in [0.25, 0.3) is 0 Å². The SMILES string of the molecule is CCNC(=NCc1cccc(NC(=O)C2CCCC2)c1)N1CCOC(C2CCCO2)C1.I. The smallest absolute Gasteiger partial charge is 0.227 e. The number of aliphatic imine (C=N–C) groups is 1. The Morgan fingerprint density at radius 1 is 1.12 bits per heavy atom. The molecule has 7 nitrogen and oxygen atoms in total. The van der Waals surface area contributed by atoms with Crippen molar-refractivity contribution in [2.24, 2.45) is 10.9 Å². The van der Waals surface area contributed by atoms with Gasteiger partial charge < -0.3 is 25.0 Å². The van der Waals surface area contributed by atoms with E-state index in [2.05, 4.69) is 28.5 Å². The molecule has 2 saturated heterocycles. The number of nitrogens with one attached hydrogen (secondary N) is 2. The third kappa shape index (κ3) is 6.81. The Morgan fingerprint density at radius 2 is 1.94 bits per heavy atom. The second-order valence-corrected chi connectivity index (χ2v) is 8.75. The molecule has 2 N–H and O–H groups in total. The molecule has 2 aliphatic heterocycles. The number of amides is 1. The van der Waals surface area contributed by atoms with Crippen LogP contribution < -0.4 is 10.6 Å². The fourth-order valence-electron chi connectivity index (χ4n) is 4.76. The van der Waals surface area contributed by atoms with Gasteiger partial charge in [-0.1, -0.05) is 25.0 Å². The molecule has 4 rings (SSSR count). The number of carbonyl (C=O) groups is 1. The molecule has 2 atom stereocenters. The molecule has 3 fully saturated rings. The summed E-state index contributed by atoms with van der Waals surface area (Å²) in [5.41, 5.74) is 1.95. The van der Waals surface area contributed by atoms with Crippen LogP contribution in [0.25, 0.3) is 0 Å². The maximum atomic E-state index is 12.4. The summed E-state index contributed by atoms with van der Waals surface area (Å²) in [5.74, 6) is 1.23. The molecular formula is C24H37IN4O3. The predicted molar refractivity (Wildman–Crippen MR) is 138 cm³/mol. The van der Waals surface area contributed by atoms with E-state index in [-0.39, 0.29) is 48.0 Å². The summed E-state index contributed by atoms with van der Waals surface area (Å²) in [6.45, 7) is 6.63. The second kappa shape index (κ2) is 12.7. The lowest BCUT2D eigenvalue weighted by atomic mass is 10.1. The van der Waals surface area contributed by atoms with Crippen LogP contribution in [0.5, 0.6) is 0 Å². The summed E-state index contributed by atoms with van der Waals surface area (Å²) in [5, 5.41) is 6.52. The molecule has 1 aromatic rings. The van der Waals surface area contributed by atoms with Crippen LogP contribution in [0, 0.1) is 5.92 Å². The fraction of sp³-hybridized carbons (Fsp3) is 0.667. The van der Waals surface area contributed by atoms with Crippen LogP contribution in [0.1, 0.15) is 51.0 Å². The minimum absolute atomic E-state index is 0. The second-order valence-electron chi connectivity index (χ2n) is 8.75. The number of morpholine rings is 1. The van der Waals surface area contributed by atoms with E-state index in [9.17, 15) is 4.79 Å². The van der Waals surface area contributed by atoms with Gasteiger partial charge in [0.05, 0.1) is 19.3 Å². The number of rotatable bonds is 6. The highest BCUT2D eigenvalue weighted by Gasteiger charge is 2.32. The minimum Gasteiger partial charge on any atom is -0.375 e. The van der Waals surface area contributed by atoms with E-state index in [1.165, 1.54) is 0 Å². The van der Waals surface area contributed by atoms with E-state index in [1.54, 1.807) is 0 Å². The molecule has 1 amide bonds. The van der Waals surface area contributed by atoms with Gasteiger partial charge in [-0.05, 0) is 50.3 Å². The van der Waals surface area contributed by atoms with Crippen molar-refractivity contribution in [2.75, 3.05) is 38.2 Å². The highest BCUT2D eigenvalue weighted by Crippen LogP contribution is 2.26. The van der Waals surface area contributed by atoms with Crippen LogP contribution in [0.2, 0.25) is 0 Å². The van der Waals surface area contributed by atoms with Crippen molar-refractivity contribution in [2.45, 2.75) is 64.2 Å². The minimum atomic E-state index is 0. The van der Waals surface area contributed by atoms with Crippen molar-refractivity contribution in [3.05, 3.63) is 29.8 Å². The summed E-state index contributed by atoms with van der Waals surface area (Å²) in [6.07, 6.45) is 6.84. The molecule has 1 saturated carbocycles. The molecule has 0 radical (unpaired) electrons. The van der Waals surface area contributed by atoms with Crippen molar-refractivity contribution in [3.63, 3.8) is 0 Å². The van der Waals surface area contributed by atoms with Gasteiger partial charge in [0.15, 0.2) is 5.96 Å². The highest BCUT2D eigenvalue weighted by atomic mass is 127. The first-order valence-corrected chi connectivity index (χ1v) is 11.9. The Labute approximate surface area is 208 Å². The van der Waals surface area contributed by atoms with Crippen molar-refractivity contribution in [3.8, 4) is 0 Å². The number of carbonyl (C=O) groups excluding carboxylic acids is 1. The molecule has 3 aliphatic rings. The lowest BCUT2D eigenvalue weighted by Crippen LogP contribution is -2.53. The lowest BCUT2D eigenvalue weighted by Gasteiger charge is -2.37. The summed E-state index contributed by atoms with van der Waals surface area (Å²) in [4.78, 5) is 19.6. The number of ether oxygens (including phenoxy) is 2. The molecular weight excluding hydrogens is 519 g/mol. The van der Waals surface area contributed by atoms with Crippen LogP contribution in [-0.4, -0.2) is 61.8 Å². The summed E-state index contributed by atoms with van der Waals surface area (Å²) in [7, 11) is 0. The van der Waals surface area contributed by atoms with Crippen molar-refractivity contribution >= 4 is 41.5 Å². The fourth-order valence-corrected chi connectivity index (χ4v) is 4.76. The molecule has 8 heteroatoms. The maximum Gasteiger partial charge on any atom is 0.227 e. The number of benzene rings is 1. The van der Waals surface area contributed by atoms with E-state index in [1.807, 2.05) is 18.2 Å². The van der Waals surface area contributed by atoms with E-state index in [0.29, 0.717) is 13.2 Å². The van der Waals surface area contributed by atoms with Crippen LogP contribution in [0.15, 0.2) is 29.3 Å². The Kier molecular flexibility index (Phi) is 10.1. The Hall–Kier alpha value is -1.39. The highest BCUT2D eigenvalue weighted by molar-refractivity contribution is 14.0. The zero-order valence-electron chi connectivity index (χ0n) is 19.1. The van der Waals surface area contributed by atoms with Crippen molar-refractivity contribution in [1.29, 1.82) is 0 Å². The number of halogens is 1. The Bertz CT molecular complexity index is 763. The molecule has 0 aromatic heterocycles. The quantitative estimate of drug-likeness (QED) is 0.317. The van der Waals surface area contributed by atoms with Gasteiger partial charge in [-0.2, -0.15) is 0 Å². The average molecular weight is 556 g/mol. The van der Waals surface area contributed by atoms with Crippen molar-refractivity contribution in [1.82, 2.24) is 10.2 Å². The molecule has 1 aliphatic carbocycles. The molecule has 1 aromatic carbocycles. The average Bonchev–Trinajstić information content (AvgIpc) is 3.52. The van der Waals surface area contributed by atoms with E-state index in [0.717, 1.165) is 82.0 Å².